The number of hydrogen-bond acceptors (Lipinski definition) is 8. The number of nitrogens with one attached hydrogen (secondary N) is 1. The molecule has 0 spiro atoms. The van der Waals surface area contributed by atoms with Gasteiger partial charge in [-0.05, 0) is 31.9 Å². The van der Waals surface area contributed by atoms with E-state index in [4.69, 9.17) is 5.11 Å². The molecule has 0 fully saturated rings. The number of aliphatic carboxylic acids is 2. The third-order valence-electron chi connectivity index (χ3n) is 5.65. The third-order valence-corrected chi connectivity index (χ3v) is 7.69. The van der Waals surface area contributed by atoms with Gasteiger partial charge in [0.2, 0.25) is 21.8 Å². The van der Waals surface area contributed by atoms with E-state index < -0.39 is 68.7 Å². The number of carbonyl (C=O) groups excluding carboxylic acids is 2. The molecule has 1 rings (SSSR count). The first-order chi connectivity index (χ1) is 16.3. The second kappa shape index (κ2) is 11.4. The van der Waals surface area contributed by atoms with Crippen LogP contribution in [-0.2, 0) is 29.2 Å². The highest BCUT2D eigenvalue weighted by Gasteiger charge is 2.45. The fourth-order valence-corrected chi connectivity index (χ4v) is 4.92. The molecule has 2 atom stereocenters. The lowest BCUT2D eigenvalue weighted by molar-refractivity contribution is -0.384. The van der Waals surface area contributed by atoms with E-state index in [9.17, 15) is 42.8 Å². The summed E-state index contributed by atoms with van der Waals surface area (Å²) < 4.78 is 27.0. The molecule has 14 nitrogen and oxygen atoms in total. The zero-order valence-corrected chi connectivity index (χ0v) is 21.5. The summed E-state index contributed by atoms with van der Waals surface area (Å²) in [5.41, 5.74) is -2.07. The van der Waals surface area contributed by atoms with Crippen LogP contribution >= 0.6 is 0 Å². The Morgan fingerprint density at radius 1 is 1.08 bits per heavy atom. The van der Waals surface area contributed by atoms with Gasteiger partial charge in [0.25, 0.3) is 5.69 Å². The van der Waals surface area contributed by atoms with Gasteiger partial charge in [-0.1, -0.05) is 13.8 Å². The zero-order chi connectivity index (χ0) is 28.2. The van der Waals surface area contributed by atoms with Crippen molar-refractivity contribution in [2.24, 2.45) is 5.92 Å². The SMILES string of the molecule is CC(C)[C@@H](C(=O)N[C@@H](CC(=O)O)C(=O)O)N(C)C(=O)C(C)(C)N(C)S(=O)(=O)c1ccc([N+](=O)[O-])cc1. The average molecular weight is 531 g/mol. The van der Waals surface area contributed by atoms with Crippen LogP contribution in [0.25, 0.3) is 0 Å². The van der Waals surface area contributed by atoms with Crippen LogP contribution in [0.15, 0.2) is 29.2 Å². The zero-order valence-electron chi connectivity index (χ0n) is 20.7. The highest BCUT2D eigenvalue weighted by atomic mass is 32.2. The number of carboxylic acids is 2. The van der Waals surface area contributed by atoms with E-state index in [1.807, 2.05) is 0 Å². The number of nitro groups is 1. The molecule has 0 aliphatic rings. The average Bonchev–Trinajstić information content (AvgIpc) is 2.76. The van der Waals surface area contributed by atoms with Crippen LogP contribution in [0.5, 0.6) is 0 Å². The number of benzene rings is 1. The maximum atomic E-state index is 13.4. The van der Waals surface area contributed by atoms with Crippen molar-refractivity contribution < 1.29 is 42.7 Å². The molecule has 3 N–H and O–H groups in total. The molecule has 0 unspecified atom stereocenters. The van der Waals surface area contributed by atoms with Crippen molar-refractivity contribution in [1.82, 2.24) is 14.5 Å². The van der Waals surface area contributed by atoms with E-state index in [1.165, 1.54) is 20.9 Å². The minimum Gasteiger partial charge on any atom is -0.481 e. The Balaban J connectivity index is 3.26. The summed E-state index contributed by atoms with van der Waals surface area (Å²) >= 11 is 0. The molecule has 0 heterocycles. The van der Waals surface area contributed by atoms with Gasteiger partial charge in [-0.15, -0.1) is 0 Å². The lowest BCUT2D eigenvalue weighted by atomic mass is 9.97. The van der Waals surface area contributed by atoms with Crippen LogP contribution in [0.4, 0.5) is 5.69 Å². The molecule has 2 amide bonds. The number of hydrogen-bond donors (Lipinski definition) is 3. The monoisotopic (exact) mass is 530 g/mol. The Morgan fingerprint density at radius 3 is 1.97 bits per heavy atom. The van der Waals surface area contributed by atoms with Gasteiger partial charge in [0.1, 0.15) is 17.6 Å². The first-order valence-electron chi connectivity index (χ1n) is 10.6. The van der Waals surface area contributed by atoms with Crippen molar-refractivity contribution in [3.8, 4) is 0 Å². The molecule has 15 heteroatoms. The lowest BCUT2D eigenvalue weighted by Gasteiger charge is -2.39. The minimum atomic E-state index is -4.31. The summed E-state index contributed by atoms with van der Waals surface area (Å²) in [7, 11) is -1.93. The smallest absolute Gasteiger partial charge is 0.326 e. The number of nitro benzene ring substituents is 1. The number of likely N-dealkylation sites (N-methyl/N-ethyl adjacent to an activating group) is 2. The van der Waals surface area contributed by atoms with Crippen LogP contribution in [0.2, 0.25) is 0 Å². The molecule has 0 bridgehead atoms. The second-order valence-corrected chi connectivity index (χ2v) is 10.9. The van der Waals surface area contributed by atoms with Gasteiger partial charge in [-0.25, -0.2) is 13.2 Å². The van der Waals surface area contributed by atoms with Gasteiger partial charge in [-0.2, -0.15) is 4.31 Å². The van der Waals surface area contributed by atoms with E-state index >= 15 is 0 Å². The first-order valence-corrected chi connectivity index (χ1v) is 12.0. The Morgan fingerprint density at radius 2 is 1.58 bits per heavy atom. The quantitative estimate of drug-likeness (QED) is 0.252. The summed E-state index contributed by atoms with van der Waals surface area (Å²) in [6, 6.07) is 1.09. The Bertz CT molecular complexity index is 1130. The summed E-state index contributed by atoms with van der Waals surface area (Å²) in [5, 5.41) is 31.1. The summed E-state index contributed by atoms with van der Waals surface area (Å²) in [6.07, 6.45) is -0.884. The number of carboxylic acid groups (broad SMARTS) is 2. The van der Waals surface area contributed by atoms with Crippen LogP contribution in [-0.4, -0.2) is 88.2 Å². The van der Waals surface area contributed by atoms with Gasteiger partial charge >= 0.3 is 11.9 Å². The number of sulfonamides is 1. The maximum absolute atomic E-state index is 13.4. The molecule has 1 aromatic carbocycles. The molecule has 0 aliphatic carbocycles. The van der Waals surface area contributed by atoms with Gasteiger partial charge in [-0.3, -0.25) is 24.5 Å². The van der Waals surface area contributed by atoms with Crippen LogP contribution in [0, 0.1) is 16.0 Å². The van der Waals surface area contributed by atoms with E-state index in [1.54, 1.807) is 13.8 Å². The molecule has 0 saturated heterocycles. The summed E-state index contributed by atoms with van der Waals surface area (Å²) in [5.74, 6) is -5.32. The summed E-state index contributed by atoms with van der Waals surface area (Å²) in [4.78, 5) is 59.4. The number of non-ortho nitro benzene ring substituents is 1. The fraction of sp³-hybridized carbons (Fsp3) is 0.524. The van der Waals surface area contributed by atoms with E-state index in [-0.39, 0.29) is 10.6 Å². The lowest BCUT2D eigenvalue weighted by Crippen LogP contribution is -2.61. The van der Waals surface area contributed by atoms with Crippen molar-refractivity contribution in [3.63, 3.8) is 0 Å². The normalized spacial score (nSPS) is 13.7. The topological polar surface area (TPSA) is 205 Å². The van der Waals surface area contributed by atoms with Crippen LogP contribution in [0.1, 0.15) is 34.1 Å². The number of carbonyl (C=O) groups is 4. The highest BCUT2D eigenvalue weighted by Crippen LogP contribution is 2.27. The van der Waals surface area contributed by atoms with E-state index in [2.05, 4.69) is 5.32 Å². The molecule has 0 saturated carbocycles. The standard InChI is InChI=1S/C21H30N4O10S/c1-12(2)17(18(28)22-15(19(29)30)11-16(26)27)23(5)20(31)21(3,4)24(6)36(34,35)14-9-7-13(8-10-14)25(32)33/h7-10,12,15,17H,11H2,1-6H3,(H,22,28)(H,26,27)(H,29,30)/t15-,17-/m0/s1. The third kappa shape index (κ3) is 6.75. The van der Waals surface area contributed by atoms with E-state index in [0.717, 1.165) is 40.5 Å². The van der Waals surface area contributed by atoms with Crippen molar-refractivity contribution in [3.05, 3.63) is 34.4 Å². The van der Waals surface area contributed by atoms with Crippen molar-refractivity contribution >= 4 is 39.5 Å². The van der Waals surface area contributed by atoms with Gasteiger partial charge in [0.05, 0.1) is 16.2 Å². The minimum absolute atomic E-state index is 0.296. The molecule has 1 aromatic rings. The number of amides is 2. The Kier molecular flexibility index (Phi) is 9.67. The van der Waals surface area contributed by atoms with Crippen molar-refractivity contribution in [2.45, 2.75) is 56.6 Å². The van der Waals surface area contributed by atoms with Crippen molar-refractivity contribution in [1.29, 1.82) is 0 Å². The highest BCUT2D eigenvalue weighted by molar-refractivity contribution is 7.89. The van der Waals surface area contributed by atoms with Gasteiger partial charge < -0.3 is 20.4 Å². The van der Waals surface area contributed by atoms with Crippen LogP contribution in [0.3, 0.4) is 0 Å². The fourth-order valence-electron chi connectivity index (χ4n) is 3.45. The van der Waals surface area contributed by atoms with Gasteiger partial charge in [0.15, 0.2) is 0 Å². The molecular formula is C21H30N4O10S. The predicted octanol–water partition coefficient (Wildman–Crippen LogP) is 0.521. The molecule has 0 aliphatic heterocycles. The molecule has 200 valence electrons. The maximum Gasteiger partial charge on any atom is 0.326 e. The van der Waals surface area contributed by atoms with Gasteiger partial charge in [0, 0.05) is 26.2 Å². The molecule has 0 radical (unpaired) electrons. The predicted molar refractivity (Wildman–Crippen MR) is 125 cm³/mol. The Hall–Kier alpha value is -3.59. The number of rotatable bonds is 12. The molecule has 0 aromatic heterocycles. The number of nitrogens with zero attached hydrogens (tertiary/aromatic N) is 3. The van der Waals surface area contributed by atoms with Crippen molar-refractivity contribution in [2.75, 3.05) is 14.1 Å². The van der Waals surface area contributed by atoms with Crippen LogP contribution < -0.4 is 5.32 Å². The molecule has 36 heavy (non-hydrogen) atoms. The second-order valence-electron chi connectivity index (χ2n) is 8.88. The molecular weight excluding hydrogens is 500 g/mol. The Labute approximate surface area is 208 Å². The van der Waals surface area contributed by atoms with E-state index in [0.29, 0.717) is 0 Å². The first kappa shape index (κ1) is 30.4. The summed E-state index contributed by atoms with van der Waals surface area (Å²) in [6.45, 7) is 5.75. The largest absolute Gasteiger partial charge is 0.481 e.